The molecule has 0 fully saturated rings. The van der Waals surface area contributed by atoms with E-state index in [1.54, 1.807) is 6.07 Å². The Labute approximate surface area is 120 Å². The van der Waals surface area contributed by atoms with Crippen molar-refractivity contribution in [3.8, 4) is 10.6 Å². The third-order valence-corrected chi connectivity index (χ3v) is 3.78. The van der Waals surface area contributed by atoms with Crippen LogP contribution in [0.2, 0.25) is 0 Å². The third kappa shape index (κ3) is 3.33. The molecule has 1 N–H and O–H groups in total. The van der Waals surface area contributed by atoms with Gasteiger partial charge in [0.1, 0.15) is 5.69 Å². The third-order valence-electron chi connectivity index (χ3n) is 2.89. The van der Waals surface area contributed by atoms with Crippen molar-refractivity contribution in [1.82, 2.24) is 9.78 Å². The van der Waals surface area contributed by atoms with Crippen LogP contribution in [0.3, 0.4) is 0 Å². The number of carboxylic acid groups (broad SMARTS) is 1. The summed E-state index contributed by atoms with van der Waals surface area (Å²) in [5.74, 6) is -1.01. The zero-order valence-corrected chi connectivity index (χ0v) is 12.0. The van der Waals surface area contributed by atoms with Gasteiger partial charge in [0.25, 0.3) is 5.56 Å². The summed E-state index contributed by atoms with van der Waals surface area (Å²) in [5.41, 5.74) is 0.639. The molecule has 0 saturated heterocycles. The van der Waals surface area contributed by atoms with E-state index in [0.717, 1.165) is 17.7 Å². The Bertz CT molecular complexity index is 647. The number of aromatic nitrogens is 2. The molecule has 0 radical (unpaired) electrons. The van der Waals surface area contributed by atoms with Crippen LogP contribution in [0.25, 0.3) is 10.6 Å². The SMILES string of the molecule is CCCCn1nc(-c2cccs2)cc(CC(=O)O)c1=O. The number of carbonyl (C=O) groups is 1. The highest BCUT2D eigenvalue weighted by Crippen LogP contribution is 2.22. The Hall–Kier alpha value is -1.95. The maximum atomic E-state index is 12.2. The maximum Gasteiger partial charge on any atom is 0.308 e. The monoisotopic (exact) mass is 292 g/mol. The van der Waals surface area contributed by atoms with Gasteiger partial charge < -0.3 is 5.11 Å². The molecule has 0 spiro atoms. The van der Waals surface area contributed by atoms with Gasteiger partial charge in [-0.05, 0) is 23.9 Å². The summed E-state index contributed by atoms with van der Waals surface area (Å²) in [6.45, 7) is 2.55. The Balaban J connectivity index is 2.48. The van der Waals surface area contributed by atoms with E-state index in [2.05, 4.69) is 5.10 Å². The minimum absolute atomic E-state index is 0.272. The molecule has 2 aromatic heterocycles. The molecule has 0 amide bonds. The van der Waals surface area contributed by atoms with Crippen LogP contribution in [0, 0.1) is 0 Å². The van der Waals surface area contributed by atoms with Crippen LogP contribution in [0.1, 0.15) is 25.3 Å². The standard InChI is InChI=1S/C14H16N2O3S/c1-2-3-6-16-14(19)10(9-13(17)18)8-11(15-16)12-5-4-7-20-12/h4-5,7-8H,2-3,6,9H2,1H3,(H,17,18). The minimum Gasteiger partial charge on any atom is -0.481 e. The van der Waals surface area contributed by atoms with Gasteiger partial charge in [0.05, 0.1) is 11.3 Å². The van der Waals surface area contributed by atoms with Gasteiger partial charge >= 0.3 is 5.97 Å². The van der Waals surface area contributed by atoms with E-state index in [1.807, 2.05) is 24.4 Å². The first-order valence-corrected chi connectivity index (χ1v) is 7.36. The second kappa shape index (κ2) is 6.47. The number of thiophene rings is 1. The maximum absolute atomic E-state index is 12.2. The Morgan fingerprint density at radius 3 is 2.90 bits per heavy atom. The molecule has 2 rings (SSSR count). The van der Waals surface area contributed by atoms with Crippen LogP contribution in [0.5, 0.6) is 0 Å². The highest BCUT2D eigenvalue weighted by molar-refractivity contribution is 7.13. The van der Waals surface area contributed by atoms with Crippen LogP contribution in [-0.2, 0) is 17.8 Å². The molecule has 0 aliphatic heterocycles. The van der Waals surface area contributed by atoms with Gasteiger partial charge in [-0.3, -0.25) is 9.59 Å². The first kappa shape index (κ1) is 14.5. The Morgan fingerprint density at radius 2 is 2.30 bits per heavy atom. The van der Waals surface area contributed by atoms with Crippen LogP contribution in [0.15, 0.2) is 28.4 Å². The van der Waals surface area contributed by atoms with E-state index in [1.165, 1.54) is 16.0 Å². The van der Waals surface area contributed by atoms with Crippen LogP contribution in [-0.4, -0.2) is 20.9 Å². The topological polar surface area (TPSA) is 72.2 Å². The van der Waals surface area contributed by atoms with Crippen molar-refractivity contribution in [2.24, 2.45) is 0 Å². The molecule has 5 nitrogen and oxygen atoms in total. The summed E-state index contributed by atoms with van der Waals surface area (Å²) in [6.07, 6.45) is 1.52. The summed E-state index contributed by atoms with van der Waals surface area (Å²) < 4.78 is 1.39. The molecule has 0 unspecified atom stereocenters. The molecule has 0 bridgehead atoms. The number of carboxylic acids is 1. The van der Waals surface area contributed by atoms with Crippen molar-refractivity contribution >= 4 is 17.3 Å². The number of rotatable bonds is 6. The van der Waals surface area contributed by atoms with Gasteiger partial charge in [-0.25, -0.2) is 4.68 Å². The molecule has 0 aliphatic carbocycles. The molecule has 0 saturated carbocycles. The van der Waals surface area contributed by atoms with E-state index in [-0.39, 0.29) is 17.5 Å². The van der Waals surface area contributed by atoms with Crippen LogP contribution in [0.4, 0.5) is 0 Å². The Morgan fingerprint density at radius 1 is 1.50 bits per heavy atom. The first-order chi connectivity index (χ1) is 9.61. The number of unbranched alkanes of at least 4 members (excludes halogenated alkanes) is 1. The molecular formula is C14H16N2O3S. The molecule has 6 heteroatoms. The van der Waals surface area contributed by atoms with Crippen molar-refractivity contribution in [2.75, 3.05) is 0 Å². The summed E-state index contributed by atoms with van der Waals surface area (Å²) in [6, 6.07) is 5.40. The highest BCUT2D eigenvalue weighted by Gasteiger charge is 2.13. The van der Waals surface area contributed by atoms with Gasteiger partial charge in [-0.15, -0.1) is 11.3 Å². The van der Waals surface area contributed by atoms with Gasteiger partial charge in [0.15, 0.2) is 0 Å². The number of hydrogen-bond donors (Lipinski definition) is 1. The van der Waals surface area contributed by atoms with E-state index in [9.17, 15) is 9.59 Å². The number of aryl methyl sites for hydroxylation is 1. The average Bonchev–Trinajstić information content (AvgIpc) is 2.93. The molecule has 0 atom stereocenters. The lowest BCUT2D eigenvalue weighted by Crippen LogP contribution is -2.28. The van der Waals surface area contributed by atoms with Crippen molar-refractivity contribution in [3.63, 3.8) is 0 Å². The second-order valence-corrected chi connectivity index (χ2v) is 5.43. The van der Waals surface area contributed by atoms with Crippen molar-refractivity contribution in [1.29, 1.82) is 0 Å². The zero-order valence-electron chi connectivity index (χ0n) is 11.2. The van der Waals surface area contributed by atoms with Gasteiger partial charge in [0, 0.05) is 12.1 Å². The molecule has 2 heterocycles. The molecule has 0 aromatic carbocycles. The lowest BCUT2D eigenvalue weighted by Gasteiger charge is -2.08. The van der Waals surface area contributed by atoms with Crippen molar-refractivity contribution in [2.45, 2.75) is 32.7 Å². The predicted molar refractivity (Wildman–Crippen MR) is 78.1 cm³/mol. The first-order valence-electron chi connectivity index (χ1n) is 6.48. The van der Waals surface area contributed by atoms with Crippen molar-refractivity contribution in [3.05, 3.63) is 39.5 Å². The number of hydrogen-bond acceptors (Lipinski definition) is 4. The molecular weight excluding hydrogens is 276 g/mol. The zero-order chi connectivity index (χ0) is 14.5. The van der Waals surface area contributed by atoms with Crippen molar-refractivity contribution < 1.29 is 9.90 Å². The highest BCUT2D eigenvalue weighted by atomic mass is 32.1. The number of nitrogens with zero attached hydrogens (tertiary/aromatic N) is 2. The van der Waals surface area contributed by atoms with Crippen LogP contribution >= 0.6 is 11.3 Å². The fourth-order valence-electron chi connectivity index (χ4n) is 1.89. The van der Waals surface area contributed by atoms with E-state index >= 15 is 0 Å². The van der Waals surface area contributed by atoms with E-state index < -0.39 is 5.97 Å². The summed E-state index contributed by atoms with van der Waals surface area (Å²) in [5, 5.41) is 15.2. The summed E-state index contributed by atoms with van der Waals surface area (Å²) >= 11 is 1.52. The largest absolute Gasteiger partial charge is 0.481 e. The summed E-state index contributed by atoms with van der Waals surface area (Å²) in [7, 11) is 0. The van der Waals surface area contributed by atoms with Gasteiger partial charge in [-0.2, -0.15) is 5.10 Å². The van der Waals surface area contributed by atoms with Gasteiger partial charge in [0.2, 0.25) is 0 Å². The molecule has 106 valence electrons. The fraction of sp³-hybridized carbons (Fsp3) is 0.357. The molecule has 20 heavy (non-hydrogen) atoms. The van der Waals surface area contributed by atoms with E-state index in [4.69, 9.17) is 5.11 Å². The average molecular weight is 292 g/mol. The second-order valence-electron chi connectivity index (χ2n) is 4.48. The lowest BCUT2D eigenvalue weighted by atomic mass is 10.2. The molecule has 0 aliphatic rings. The van der Waals surface area contributed by atoms with Crippen LogP contribution < -0.4 is 5.56 Å². The fourth-order valence-corrected chi connectivity index (χ4v) is 2.57. The van der Waals surface area contributed by atoms with Gasteiger partial charge in [-0.1, -0.05) is 19.4 Å². The Kier molecular flexibility index (Phi) is 4.68. The quantitative estimate of drug-likeness (QED) is 0.887. The number of aliphatic carboxylic acids is 1. The smallest absolute Gasteiger partial charge is 0.308 e. The van der Waals surface area contributed by atoms with E-state index in [0.29, 0.717) is 12.2 Å². The predicted octanol–water partition coefficient (Wildman–Crippen LogP) is 2.40. The molecule has 2 aromatic rings. The lowest BCUT2D eigenvalue weighted by molar-refractivity contribution is -0.136. The minimum atomic E-state index is -1.01. The summed E-state index contributed by atoms with van der Waals surface area (Å²) in [4.78, 5) is 24.0. The normalized spacial score (nSPS) is 10.7.